The van der Waals surface area contributed by atoms with Crippen LogP contribution in [0.2, 0.25) is 0 Å². The summed E-state index contributed by atoms with van der Waals surface area (Å²) in [6, 6.07) is 1.32. The highest BCUT2D eigenvalue weighted by Crippen LogP contribution is 2.24. The van der Waals surface area contributed by atoms with E-state index in [4.69, 9.17) is 5.11 Å². The number of thiazole rings is 1. The smallest absolute Gasteiger partial charge is 0.341 e. The van der Waals surface area contributed by atoms with E-state index in [1.807, 2.05) is 0 Å². The first-order chi connectivity index (χ1) is 9.33. The van der Waals surface area contributed by atoms with Gasteiger partial charge in [0.05, 0.1) is 17.0 Å². The van der Waals surface area contributed by atoms with Gasteiger partial charge in [-0.3, -0.25) is 0 Å². The number of nitrogens with zero attached hydrogens (tertiary/aromatic N) is 1. The second-order valence-corrected chi connectivity index (χ2v) is 6.46. The van der Waals surface area contributed by atoms with Gasteiger partial charge in [0.15, 0.2) is 15.7 Å². The number of rotatable bonds is 4. The lowest BCUT2D eigenvalue weighted by Crippen LogP contribution is -2.13. The fourth-order valence-electron chi connectivity index (χ4n) is 1.55. The first kappa shape index (κ1) is 14.5. The molecular formula is C11H7F2NO4S2. The summed E-state index contributed by atoms with van der Waals surface area (Å²) in [5.41, 5.74) is 0.328. The Morgan fingerprint density at radius 3 is 2.60 bits per heavy atom. The zero-order chi connectivity index (χ0) is 14.9. The molecule has 5 nitrogen and oxygen atoms in total. The van der Waals surface area contributed by atoms with E-state index in [1.54, 1.807) is 0 Å². The lowest BCUT2D eigenvalue weighted by molar-refractivity contribution is 0.0685. The summed E-state index contributed by atoms with van der Waals surface area (Å²) >= 11 is 1.17. The topological polar surface area (TPSA) is 84.3 Å². The van der Waals surface area contributed by atoms with Gasteiger partial charge in [0, 0.05) is 5.38 Å². The molecule has 1 aromatic carbocycles. The second-order valence-electron chi connectivity index (χ2n) is 3.78. The van der Waals surface area contributed by atoms with Crippen LogP contribution in [-0.2, 0) is 15.6 Å². The number of aromatic nitrogens is 1. The van der Waals surface area contributed by atoms with Crippen molar-refractivity contribution in [3.63, 3.8) is 0 Å². The number of aromatic carboxylic acids is 1. The first-order valence-corrected chi connectivity index (χ1v) is 7.73. The number of hydrogen-bond donors (Lipinski definition) is 1. The quantitative estimate of drug-likeness (QED) is 0.872. The number of carboxylic acid groups (broad SMARTS) is 1. The van der Waals surface area contributed by atoms with E-state index < -0.39 is 43.7 Å². The van der Waals surface area contributed by atoms with Crippen LogP contribution in [0.5, 0.6) is 0 Å². The maximum Gasteiger partial charge on any atom is 0.341 e. The molecule has 0 radical (unpaired) electrons. The van der Waals surface area contributed by atoms with Crippen molar-refractivity contribution in [2.75, 3.05) is 0 Å². The van der Waals surface area contributed by atoms with Gasteiger partial charge in [-0.1, -0.05) is 0 Å². The summed E-state index contributed by atoms with van der Waals surface area (Å²) in [6.07, 6.45) is 0. The van der Waals surface area contributed by atoms with Crippen molar-refractivity contribution in [3.8, 4) is 0 Å². The van der Waals surface area contributed by atoms with E-state index in [-0.39, 0.29) is 5.69 Å². The van der Waals surface area contributed by atoms with Gasteiger partial charge in [0.1, 0.15) is 16.3 Å². The highest BCUT2D eigenvalue weighted by molar-refractivity contribution is 7.90. The highest BCUT2D eigenvalue weighted by Gasteiger charge is 2.27. The molecule has 0 aliphatic rings. The van der Waals surface area contributed by atoms with Crippen LogP contribution in [0.15, 0.2) is 27.9 Å². The number of sulfone groups is 1. The molecule has 106 valence electrons. The van der Waals surface area contributed by atoms with Crippen LogP contribution < -0.4 is 0 Å². The molecule has 1 aromatic heterocycles. The number of carbonyl (C=O) groups is 1. The summed E-state index contributed by atoms with van der Waals surface area (Å²) in [5.74, 6) is -5.39. The van der Waals surface area contributed by atoms with Crippen LogP contribution in [-0.4, -0.2) is 24.5 Å². The molecule has 2 rings (SSSR count). The van der Waals surface area contributed by atoms with Crippen molar-refractivity contribution in [2.24, 2.45) is 0 Å². The lowest BCUT2D eigenvalue weighted by atomic mass is 10.2. The molecule has 0 unspecified atom stereocenters. The van der Waals surface area contributed by atoms with Crippen LogP contribution in [0.3, 0.4) is 0 Å². The summed E-state index contributed by atoms with van der Waals surface area (Å²) in [5, 5.41) is 10.2. The molecule has 0 aliphatic heterocycles. The average Bonchev–Trinajstić information content (AvgIpc) is 2.79. The summed E-state index contributed by atoms with van der Waals surface area (Å²) in [4.78, 5) is 13.7. The van der Waals surface area contributed by atoms with Gasteiger partial charge in [0.25, 0.3) is 0 Å². The fourth-order valence-corrected chi connectivity index (χ4v) is 3.57. The first-order valence-electron chi connectivity index (χ1n) is 5.14. The second kappa shape index (κ2) is 5.25. The molecule has 0 amide bonds. The van der Waals surface area contributed by atoms with Crippen LogP contribution in [0.25, 0.3) is 0 Å². The number of benzene rings is 1. The average molecular weight is 319 g/mol. The maximum absolute atomic E-state index is 13.9. The molecule has 0 fully saturated rings. The molecule has 9 heteroatoms. The van der Waals surface area contributed by atoms with Crippen molar-refractivity contribution < 1.29 is 27.1 Å². The zero-order valence-electron chi connectivity index (χ0n) is 9.71. The van der Waals surface area contributed by atoms with E-state index in [0.29, 0.717) is 12.1 Å². The Labute approximate surface area is 116 Å². The summed E-state index contributed by atoms with van der Waals surface area (Å²) in [6.45, 7) is 0. The van der Waals surface area contributed by atoms with Gasteiger partial charge in [0.2, 0.25) is 0 Å². The third-order valence-electron chi connectivity index (χ3n) is 2.43. The minimum absolute atomic E-state index is 0.204. The molecule has 1 N–H and O–H groups in total. The zero-order valence-corrected chi connectivity index (χ0v) is 11.3. The molecule has 0 saturated heterocycles. The Balaban J connectivity index is 2.53. The van der Waals surface area contributed by atoms with Gasteiger partial charge in [-0.25, -0.2) is 27.0 Å². The SMILES string of the molecule is O=C(O)c1c(F)ccc(S(=O)(=O)Cc2cscn2)c1F. The van der Waals surface area contributed by atoms with E-state index >= 15 is 0 Å². The van der Waals surface area contributed by atoms with E-state index in [2.05, 4.69) is 4.98 Å². The number of carboxylic acids is 1. The molecule has 2 aromatic rings. The normalized spacial score (nSPS) is 11.5. The third kappa shape index (κ3) is 2.68. The maximum atomic E-state index is 13.9. The Bertz CT molecular complexity index is 757. The molecule has 0 aliphatic carbocycles. The third-order valence-corrected chi connectivity index (χ3v) is 4.72. The summed E-state index contributed by atoms with van der Waals surface area (Å²) in [7, 11) is -4.15. The molecule has 0 bridgehead atoms. The van der Waals surface area contributed by atoms with E-state index in [9.17, 15) is 22.0 Å². The van der Waals surface area contributed by atoms with Crippen molar-refractivity contribution >= 4 is 27.1 Å². The molecule has 1 heterocycles. The Morgan fingerprint density at radius 1 is 1.35 bits per heavy atom. The Morgan fingerprint density at radius 2 is 2.05 bits per heavy atom. The molecule has 0 spiro atoms. The van der Waals surface area contributed by atoms with Gasteiger partial charge < -0.3 is 5.11 Å². The number of halogens is 2. The largest absolute Gasteiger partial charge is 0.477 e. The van der Waals surface area contributed by atoms with Gasteiger partial charge >= 0.3 is 5.97 Å². The fraction of sp³-hybridized carbons (Fsp3) is 0.0909. The predicted octanol–water partition coefficient (Wildman–Crippen LogP) is 2.09. The number of hydrogen-bond acceptors (Lipinski definition) is 5. The Kier molecular flexibility index (Phi) is 3.82. The van der Waals surface area contributed by atoms with Crippen LogP contribution in [0.1, 0.15) is 16.1 Å². The minimum Gasteiger partial charge on any atom is -0.477 e. The van der Waals surface area contributed by atoms with Gasteiger partial charge in [-0.05, 0) is 12.1 Å². The van der Waals surface area contributed by atoms with E-state index in [1.165, 1.54) is 22.2 Å². The van der Waals surface area contributed by atoms with Crippen LogP contribution >= 0.6 is 11.3 Å². The highest BCUT2D eigenvalue weighted by atomic mass is 32.2. The predicted molar refractivity (Wildman–Crippen MR) is 66.3 cm³/mol. The van der Waals surface area contributed by atoms with Crippen LogP contribution in [0.4, 0.5) is 8.78 Å². The van der Waals surface area contributed by atoms with Crippen molar-refractivity contribution in [1.82, 2.24) is 4.98 Å². The summed E-state index contributed by atoms with van der Waals surface area (Å²) < 4.78 is 51.1. The van der Waals surface area contributed by atoms with Crippen molar-refractivity contribution in [3.05, 3.63) is 45.9 Å². The minimum atomic E-state index is -4.15. The standard InChI is InChI=1S/C11H7F2NO4S2/c12-7-1-2-8(10(13)9(7)11(15)16)20(17,18)4-6-3-19-5-14-6/h1-3,5H,4H2,(H,15,16). The molecule has 20 heavy (non-hydrogen) atoms. The van der Waals surface area contributed by atoms with Gasteiger partial charge in [-0.15, -0.1) is 11.3 Å². The van der Waals surface area contributed by atoms with Gasteiger partial charge in [-0.2, -0.15) is 0 Å². The van der Waals surface area contributed by atoms with Crippen LogP contribution in [0, 0.1) is 11.6 Å². The van der Waals surface area contributed by atoms with E-state index in [0.717, 1.165) is 0 Å². The Hall–Kier alpha value is -1.87. The molecule has 0 atom stereocenters. The van der Waals surface area contributed by atoms with Crippen molar-refractivity contribution in [1.29, 1.82) is 0 Å². The van der Waals surface area contributed by atoms with Crippen molar-refractivity contribution in [2.45, 2.75) is 10.6 Å². The lowest BCUT2D eigenvalue weighted by Gasteiger charge is -2.07. The monoisotopic (exact) mass is 319 g/mol. The molecular weight excluding hydrogens is 312 g/mol. The molecule has 0 saturated carbocycles.